The topological polar surface area (TPSA) is 87.1 Å². The summed E-state index contributed by atoms with van der Waals surface area (Å²) < 4.78 is 11.7. The number of unbranched alkanes of at least 4 members (excludes halogenated alkanes) is 9. The molecule has 318 valence electrons. The minimum atomic E-state index is -0.855. The fraction of sp³-hybridized carbons (Fsp3) is 0.471. The van der Waals surface area contributed by atoms with Crippen molar-refractivity contribution in [3.8, 4) is 38.4 Å². The third kappa shape index (κ3) is 8.70. The lowest BCUT2D eigenvalue weighted by Crippen LogP contribution is -2.49. The van der Waals surface area contributed by atoms with E-state index in [1.165, 1.54) is 127 Å². The van der Waals surface area contributed by atoms with Crippen LogP contribution in [0.3, 0.4) is 0 Å². The normalized spacial score (nSPS) is 15.3. The second kappa shape index (κ2) is 19.3. The second-order valence-corrected chi connectivity index (χ2v) is 21.6. The highest BCUT2D eigenvalue weighted by molar-refractivity contribution is 7.35. The van der Waals surface area contributed by atoms with Crippen LogP contribution in [0.1, 0.15) is 135 Å². The van der Waals surface area contributed by atoms with E-state index in [2.05, 4.69) is 93.2 Å². The molecule has 10 heteroatoms. The highest BCUT2D eigenvalue weighted by Gasteiger charge is 2.48. The van der Waals surface area contributed by atoms with Crippen molar-refractivity contribution in [2.75, 3.05) is 30.4 Å². The van der Waals surface area contributed by atoms with Crippen LogP contribution >= 0.6 is 45.3 Å². The molecule has 7 rings (SSSR count). The van der Waals surface area contributed by atoms with Gasteiger partial charge in [-0.25, -0.2) is 0 Å². The van der Waals surface area contributed by atoms with Crippen molar-refractivity contribution in [1.29, 1.82) is 15.8 Å². The zero-order valence-electron chi connectivity index (χ0n) is 37.0. The first-order valence-corrected chi connectivity index (χ1v) is 25.6. The number of ether oxygens (including phenoxy) is 1. The van der Waals surface area contributed by atoms with Crippen molar-refractivity contribution in [1.82, 2.24) is 0 Å². The molecule has 5 aromatic rings. The van der Waals surface area contributed by atoms with Gasteiger partial charge in [0.1, 0.15) is 29.4 Å². The summed E-state index contributed by atoms with van der Waals surface area (Å²) in [6.07, 6.45) is 21.2. The van der Waals surface area contributed by atoms with Gasteiger partial charge in [-0.15, -0.1) is 45.3 Å². The maximum absolute atomic E-state index is 10.2. The predicted molar refractivity (Wildman–Crippen MR) is 264 cm³/mol. The van der Waals surface area contributed by atoms with E-state index in [9.17, 15) is 15.8 Å². The third-order valence-electron chi connectivity index (χ3n) is 12.5. The molecule has 6 heterocycles. The molecule has 1 aromatic carbocycles. The van der Waals surface area contributed by atoms with Gasteiger partial charge in [-0.05, 0) is 69.0 Å². The van der Waals surface area contributed by atoms with Gasteiger partial charge in [-0.1, -0.05) is 110 Å². The van der Waals surface area contributed by atoms with Crippen LogP contribution in [-0.4, -0.2) is 26.2 Å². The fourth-order valence-corrected chi connectivity index (χ4v) is 14.8. The van der Waals surface area contributed by atoms with Gasteiger partial charge in [-0.2, -0.15) is 15.8 Å². The Morgan fingerprint density at radius 3 is 1.97 bits per heavy atom. The van der Waals surface area contributed by atoms with E-state index in [1.807, 2.05) is 77.4 Å². The van der Waals surface area contributed by atoms with Gasteiger partial charge < -0.3 is 14.5 Å². The Balaban J connectivity index is 1.42. The predicted octanol–water partition coefficient (Wildman–Crippen LogP) is 16.1. The molecule has 61 heavy (non-hydrogen) atoms. The monoisotopic (exact) mass is 885 g/mol. The van der Waals surface area contributed by atoms with E-state index in [1.54, 1.807) is 5.56 Å². The van der Waals surface area contributed by atoms with Crippen LogP contribution in [0.5, 0.6) is 0 Å². The lowest BCUT2D eigenvalue weighted by molar-refractivity contribution is 0.0954. The minimum absolute atomic E-state index is 0.0781. The van der Waals surface area contributed by atoms with Crippen molar-refractivity contribution in [2.45, 2.75) is 136 Å². The smallest absolute Gasteiger partial charge is 0.172 e. The average molecular weight is 886 g/mol. The largest absolute Gasteiger partial charge is 0.480 e. The van der Waals surface area contributed by atoms with Crippen molar-refractivity contribution >= 4 is 81.6 Å². The van der Waals surface area contributed by atoms with Crippen molar-refractivity contribution in [2.24, 2.45) is 0 Å². The van der Waals surface area contributed by atoms with E-state index in [4.69, 9.17) is 4.74 Å². The van der Waals surface area contributed by atoms with Crippen LogP contribution in [0.2, 0.25) is 0 Å². The van der Waals surface area contributed by atoms with Crippen molar-refractivity contribution in [3.05, 3.63) is 75.4 Å². The first-order valence-electron chi connectivity index (χ1n) is 22.3. The molecule has 0 saturated heterocycles. The number of thiophene rings is 4. The molecule has 4 aromatic heterocycles. The number of benzene rings is 1. The molecular weight excluding hydrogens is 827 g/mol. The zero-order chi connectivity index (χ0) is 43.3. The Hall–Kier alpha value is -4.37. The van der Waals surface area contributed by atoms with Gasteiger partial charge in [0.15, 0.2) is 11.3 Å². The second-order valence-electron chi connectivity index (χ2n) is 17.3. The van der Waals surface area contributed by atoms with E-state index in [0.717, 1.165) is 24.3 Å². The third-order valence-corrected chi connectivity index (χ3v) is 17.4. The maximum atomic E-state index is 10.2. The summed E-state index contributed by atoms with van der Waals surface area (Å²) in [6, 6.07) is 19.9. The Kier molecular flexibility index (Phi) is 14.2. The van der Waals surface area contributed by atoms with Gasteiger partial charge >= 0.3 is 0 Å². The average Bonchev–Trinajstić information content (AvgIpc) is 4.05. The molecule has 0 bridgehead atoms. The van der Waals surface area contributed by atoms with Crippen molar-refractivity contribution < 1.29 is 4.74 Å². The molecule has 2 aliphatic heterocycles. The van der Waals surface area contributed by atoms with Gasteiger partial charge in [-0.3, -0.25) is 0 Å². The van der Waals surface area contributed by atoms with Gasteiger partial charge in [0.2, 0.25) is 0 Å². The molecule has 0 radical (unpaired) electrons. The van der Waals surface area contributed by atoms with Crippen LogP contribution < -0.4 is 9.80 Å². The van der Waals surface area contributed by atoms with E-state index in [-0.39, 0.29) is 22.4 Å². The fourth-order valence-electron chi connectivity index (χ4n) is 9.27. The molecule has 6 nitrogen and oxygen atoms in total. The number of fused-ring (bicyclic) bond motifs is 7. The number of hydrogen-bond acceptors (Lipinski definition) is 10. The summed E-state index contributed by atoms with van der Waals surface area (Å²) >= 11 is 7.83. The first kappa shape index (κ1) is 44.7. The summed E-state index contributed by atoms with van der Waals surface area (Å²) in [5.41, 5.74) is 5.34. The Morgan fingerprint density at radius 2 is 1.36 bits per heavy atom. The Morgan fingerprint density at radius 1 is 0.738 bits per heavy atom. The number of allylic oxidation sites excluding steroid dienone is 2. The van der Waals surface area contributed by atoms with E-state index >= 15 is 0 Å². The summed E-state index contributed by atoms with van der Waals surface area (Å²) in [4.78, 5) is 10.5. The number of nitriles is 3. The Labute approximate surface area is 379 Å². The van der Waals surface area contributed by atoms with Crippen molar-refractivity contribution in [3.63, 3.8) is 0 Å². The SMILES string of the molecule is CCCCCCN1c2c(sc3cc(-c4ccc(N(C)C)cc4)sc23)-c2sc3cc(/C=C/C4=C(C#N)C(=C(C#N)C#N)OC4(C)C)sc3c2C1(CCCCCC)CCCCCC. The van der Waals surface area contributed by atoms with Crippen LogP contribution in [0.15, 0.2) is 65.0 Å². The number of rotatable bonds is 19. The van der Waals surface area contributed by atoms with Crippen LogP contribution in [0.4, 0.5) is 11.4 Å². The quantitative estimate of drug-likeness (QED) is 0.0606. The molecule has 0 unspecified atom stereocenters. The van der Waals surface area contributed by atoms with Gasteiger partial charge in [0.25, 0.3) is 0 Å². The molecular formula is C51H59N5OS4. The highest BCUT2D eigenvalue weighted by atomic mass is 32.1. The van der Waals surface area contributed by atoms with Gasteiger partial charge in [0, 0.05) is 56.6 Å². The molecule has 0 spiro atoms. The Bertz CT molecular complexity index is 2560. The molecule has 2 aliphatic rings. The van der Waals surface area contributed by atoms with Crippen LogP contribution in [-0.2, 0) is 10.3 Å². The van der Waals surface area contributed by atoms with E-state index < -0.39 is 5.60 Å². The summed E-state index contributed by atoms with van der Waals surface area (Å²) in [6.45, 7) is 11.8. The molecule has 0 fully saturated rings. The number of anilines is 2. The first-order chi connectivity index (χ1) is 29.5. The summed E-state index contributed by atoms with van der Waals surface area (Å²) in [5, 5.41) is 29.5. The number of nitrogens with zero attached hydrogens (tertiary/aromatic N) is 5. The van der Waals surface area contributed by atoms with Gasteiger partial charge in [0.05, 0.1) is 30.4 Å². The summed E-state index contributed by atoms with van der Waals surface area (Å²) in [7, 11) is 4.20. The molecule has 0 atom stereocenters. The van der Waals surface area contributed by atoms with Crippen LogP contribution in [0.25, 0.3) is 45.1 Å². The molecule has 0 amide bonds. The maximum Gasteiger partial charge on any atom is 0.172 e. The zero-order valence-corrected chi connectivity index (χ0v) is 40.3. The standard InChI is InChI=1S/C51H59N5OS4/c1-8-11-14-17-26-51(27-18-15-12-9-2)43-46-41(29-37(58-46)24-25-39-38(33-54)45(35(31-52)32-53)57-50(39,4)5)60-48(43)49-44(56(51)28-19-16-13-10-3)47-42(61-49)30-40(59-47)34-20-22-36(23-21-34)55(6)7/h20-25,29-30H,8-19,26-28H2,1-7H3/b25-24+. The minimum Gasteiger partial charge on any atom is -0.480 e. The molecule has 0 saturated carbocycles. The molecule has 0 aliphatic carbocycles. The highest BCUT2D eigenvalue weighted by Crippen LogP contribution is 2.64. The van der Waals surface area contributed by atoms with Crippen LogP contribution in [0, 0.1) is 34.0 Å². The van der Waals surface area contributed by atoms with E-state index in [0.29, 0.717) is 5.57 Å². The number of hydrogen-bond donors (Lipinski definition) is 0. The lowest BCUT2D eigenvalue weighted by Gasteiger charge is -2.49. The molecule has 0 N–H and O–H groups in total. The summed E-state index contributed by atoms with van der Waals surface area (Å²) in [5.74, 6) is 0.0781. The lowest BCUT2D eigenvalue weighted by atomic mass is 9.76.